The van der Waals surface area contributed by atoms with E-state index in [1.807, 2.05) is 30.0 Å². The quantitative estimate of drug-likeness (QED) is 0.755. The number of para-hydroxylation sites is 2. The molecule has 1 aliphatic rings. The Morgan fingerprint density at radius 1 is 1.08 bits per heavy atom. The SMILES string of the molecule is CCOc1ccccc1N1CCN(C(=O)C(CC)(CC)CN)CC1.Cl.Cl. The number of rotatable bonds is 7. The molecule has 2 rings (SSSR count). The van der Waals surface area contributed by atoms with Gasteiger partial charge in [0.25, 0.3) is 0 Å². The van der Waals surface area contributed by atoms with Gasteiger partial charge in [0.15, 0.2) is 0 Å². The van der Waals surface area contributed by atoms with Crippen LogP contribution in [0.5, 0.6) is 5.75 Å². The van der Waals surface area contributed by atoms with Gasteiger partial charge in [-0.25, -0.2) is 0 Å². The lowest BCUT2D eigenvalue weighted by atomic mass is 9.81. The Labute approximate surface area is 170 Å². The van der Waals surface area contributed by atoms with Crippen molar-refractivity contribution in [2.24, 2.45) is 11.1 Å². The predicted octanol–water partition coefficient (Wildman–Crippen LogP) is 3.34. The first-order chi connectivity index (χ1) is 11.6. The van der Waals surface area contributed by atoms with Gasteiger partial charge in [-0.3, -0.25) is 4.79 Å². The van der Waals surface area contributed by atoms with Gasteiger partial charge in [-0.05, 0) is 31.9 Å². The number of piperazine rings is 1. The minimum Gasteiger partial charge on any atom is -0.492 e. The van der Waals surface area contributed by atoms with Gasteiger partial charge in [0.2, 0.25) is 5.91 Å². The number of hydrogen-bond acceptors (Lipinski definition) is 4. The molecule has 0 unspecified atom stereocenters. The molecule has 5 nitrogen and oxygen atoms in total. The number of nitrogens with two attached hydrogens (primary N) is 1. The van der Waals surface area contributed by atoms with Crippen LogP contribution < -0.4 is 15.4 Å². The van der Waals surface area contributed by atoms with Crippen LogP contribution in [0.3, 0.4) is 0 Å². The topological polar surface area (TPSA) is 58.8 Å². The van der Waals surface area contributed by atoms with E-state index in [1.165, 1.54) is 0 Å². The molecule has 1 aromatic carbocycles. The smallest absolute Gasteiger partial charge is 0.230 e. The number of halogens is 2. The molecule has 1 aliphatic heterocycles. The second-order valence-electron chi connectivity index (χ2n) is 6.37. The van der Waals surface area contributed by atoms with Crippen molar-refractivity contribution >= 4 is 36.4 Å². The Hall–Kier alpha value is -1.17. The molecule has 7 heteroatoms. The Balaban J connectivity index is 0.00000312. The predicted molar refractivity (Wildman–Crippen MR) is 113 cm³/mol. The third-order valence-corrected chi connectivity index (χ3v) is 5.27. The zero-order chi connectivity index (χ0) is 17.6. The number of hydrogen-bond donors (Lipinski definition) is 1. The highest BCUT2D eigenvalue weighted by Crippen LogP contribution is 2.31. The minimum atomic E-state index is -0.397. The van der Waals surface area contributed by atoms with Crippen molar-refractivity contribution in [3.05, 3.63) is 24.3 Å². The van der Waals surface area contributed by atoms with Crippen LogP contribution >= 0.6 is 24.8 Å². The van der Waals surface area contributed by atoms with Crippen molar-refractivity contribution in [3.8, 4) is 5.75 Å². The summed E-state index contributed by atoms with van der Waals surface area (Å²) in [6, 6.07) is 8.12. The molecule has 0 atom stereocenters. The van der Waals surface area contributed by atoms with Gasteiger partial charge in [0, 0.05) is 32.7 Å². The first-order valence-corrected chi connectivity index (χ1v) is 9.08. The Morgan fingerprint density at radius 3 is 2.15 bits per heavy atom. The van der Waals surface area contributed by atoms with E-state index in [4.69, 9.17) is 10.5 Å². The minimum absolute atomic E-state index is 0. The van der Waals surface area contributed by atoms with Crippen LogP contribution in [0.2, 0.25) is 0 Å². The lowest BCUT2D eigenvalue weighted by Crippen LogP contribution is -2.54. The van der Waals surface area contributed by atoms with Crippen LogP contribution in [0.25, 0.3) is 0 Å². The van der Waals surface area contributed by atoms with Crippen LogP contribution in [-0.2, 0) is 4.79 Å². The average Bonchev–Trinajstić information content (AvgIpc) is 2.64. The van der Waals surface area contributed by atoms with Crippen molar-refractivity contribution < 1.29 is 9.53 Å². The zero-order valence-electron chi connectivity index (χ0n) is 16.1. The first-order valence-electron chi connectivity index (χ1n) is 9.08. The van der Waals surface area contributed by atoms with Crippen molar-refractivity contribution in [1.29, 1.82) is 0 Å². The van der Waals surface area contributed by atoms with Gasteiger partial charge in [-0.15, -0.1) is 24.8 Å². The number of benzene rings is 1. The lowest BCUT2D eigenvalue weighted by Gasteiger charge is -2.41. The van der Waals surface area contributed by atoms with Gasteiger partial charge in [0.1, 0.15) is 5.75 Å². The second kappa shape index (κ2) is 11.5. The Morgan fingerprint density at radius 2 is 1.65 bits per heavy atom. The fraction of sp³-hybridized carbons (Fsp3) is 0.632. The monoisotopic (exact) mass is 405 g/mol. The standard InChI is InChI=1S/C19H31N3O2.2ClH/c1-4-19(5-2,15-20)18(23)22-13-11-21(12-14-22)16-9-7-8-10-17(16)24-6-3;;/h7-10H,4-6,11-15,20H2,1-3H3;2*1H. The van der Waals surface area contributed by atoms with E-state index in [-0.39, 0.29) is 30.7 Å². The summed E-state index contributed by atoms with van der Waals surface area (Å²) in [7, 11) is 0. The largest absolute Gasteiger partial charge is 0.492 e. The molecular weight excluding hydrogens is 373 g/mol. The summed E-state index contributed by atoms with van der Waals surface area (Å²) < 4.78 is 5.73. The number of anilines is 1. The summed E-state index contributed by atoms with van der Waals surface area (Å²) >= 11 is 0. The van der Waals surface area contributed by atoms with Gasteiger partial charge in [0.05, 0.1) is 17.7 Å². The van der Waals surface area contributed by atoms with Gasteiger partial charge in [-0.1, -0.05) is 26.0 Å². The molecule has 150 valence electrons. The maximum absolute atomic E-state index is 12.9. The van der Waals surface area contributed by atoms with Crippen molar-refractivity contribution in [2.75, 3.05) is 44.2 Å². The second-order valence-corrected chi connectivity index (χ2v) is 6.37. The molecule has 26 heavy (non-hydrogen) atoms. The highest BCUT2D eigenvalue weighted by Gasteiger charge is 2.37. The van der Waals surface area contributed by atoms with E-state index >= 15 is 0 Å². The highest BCUT2D eigenvalue weighted by molar-refractivity contribution is 5.85. The first kappa shape index (κ1) is 24.8. The summed E-state index contributed by atoms with van der Waals surface area (Å²) in [5, 5.41) is 0. The van der Waals surface area contributed by atoms with Crippen LogP contribution in [0.4, 0.5) is 5.69 Å². The van der Waals surface area contributed by atoms with Crippen LogP contribution in [0.15, 0.2) is 24.3 Å². The fourth-order valence-corrected chi connectivity index (χ4v) is 3.41. The molecule has 0 bridgehead atoms. The normalized spacial score (nSPS) is 14.3. The van der Waals surface area contributed by atoms with Crippen LogP contribution in [0.1, 0.15) is 33.6 Å². The molecule has 0 aromatic heterocycles. The number of nitrogens with zero attached hydrogens (tertiary/aromatic N) is 2. The molecule has 2 N–H and O–H groups in total. The maximum Gasteiger partial charge on any atom is 0.230 e. The van der Waals surface area contributed by atoms with E-state index in [1.54, 1.807) is 0 Å². The van der Waals surface area contributed by atoms with E-state index < -0.39 is 5.41 Å². The van der Waals surface area contributed by atoms with E-state index in [0.29, 0.717) is 13.2 Å². The number of carbonyl (C=O) groups excluding carboxylic acids is 1. The van der Waals surface area contributed by atoms with Crippen molar-refractivity contribution in [3.63, 3.8) is 0 Å². The Kier molecular flexibility index (Phi) is 11.0. The van der Waals surface area contributed by atoms with E-state index in [2.05, 4.69) is 24.8 Å². The van der Waals surface area contributed by atoms with Crippen molar-refractivity contribution in [1.82, 2.24) is 4.90 Å². The van der Waals surface area contributed by atoms with E-state index in [0.717, 1.165) is 50.5 Å². The molecule has 1 fully saturated rings. The summed E-state index contributed by atoms with van der Waals surface area (Å²) in [6.07, 6.45) is 1.60. The van der Waals surface area contributed by atoms with Crippen LogP contribution in [0, 0.1) is 5.41 Å². The molecule has 0 aliphatic carbocycles. The molecular formula is C19H33Cl2N3O2. The molecule has 1 heterocycles. The molecule has 0 radical (unpaired) electrons. The number of ether oxygens (including phenoxy) is 1. The van der Waals surface area contributed by atoms with Gasteiger partial charge < -0.3 is 20.3 Å². The molecule has 0 saturated carbocycles. The zero-order valence-corrected chi connectivity index (χ0v) is 17.7. The average molecular weight is 406 g/mol. The van der Waals surface area contributed by atoms with Crippen LogP contribution in [-0.4, -0.2) is 50.1 Å². The molecule has 1 aromatic rings. The summed E-state index contributed by atoms with van der Waals surface area (Å²) in [5.41, 5.74) is 6.65. The fourth-order valence-electron chi connectivity index (χ4n) is 3.41. The summed E-state index contributed by atoms with van der Waals surface area (Å²) in [4.78, 5) is 17.2. The highest BCUT2D eigenvalue weighted by atomic mass is 35.5. The molecule has 1 saturated heterocycles. The third-order valence-electron chi connectivity index (χ3n) is 5.27. The van der Waals surface area contributed by atoms with Crippen molar-refractivity contribution in [2.45, 2.75) is 33.6 Å². The molecule has 0 spiro atoms. The third kappa shape index (κ3) is 5.18. The molecule has 1 amide bonds. The van der Waals surface area contributed by atoms with E-state index in [9.17, 15) is 4.79 Å². The summed E-state index contributed by atoms with van der Waals surface area (Å²) in [5.74, 6) is 1.13. The number of amides is 1. The lowest BCUT2D eigenvalue weighted by molar-refractivity contribution is -0.142. The Bertz CT molecular complexity index is 537. The maximum atomic E-state index is 12.9. The van der Waals surface area contributed by atoms with Gasteiger partial charge in [-0.2, -0.15) is 0 Å². The van der Waals surface area contributed by atoms with Gasteiger partial charge >= 0.3 is 0 Å². The number of carbonyl (C=O) groups is 1. The summed E-state index contributed by atoms with van der Waals surface area (Å²) in [6.45, 7) is 10.3.